The summed E-state index contributed by atoms with van der Waals surface area (Å²) in [5.74, 6) is 1.98. The number of guanidine groups is 1. The second kappa shape index (κ2) is 6.55. The first kappa shape index (κ1) is 12.3. The van der Waals surface area contributed by atoms with Crippen molar-refractivity contribution in [3.63, 3.8) is 0 Å². The third kappa shape index (κ3) is 4.69. The number of benzene rings is 1. The van der Waals surface area contributed by atoms with E-state index >= 15 is 0 Å². The highest BCUT2D eigenvalue weighted by molar-refractivity contribution is 7.99. The molecule has 1 aliphatic rings. The van der Waals surface area contributed by atoms with Gasteiger partial charge in [-0.25, -0.2) is 0 Å². The zero-order valence-electron chi connectivity index (χ0n) is 10.1. The molecule has 1 aliphatic carbocycles. The van der Waals surface area contributed by atoms with Gasteiger partial charge in [-0.1, -0.05) is 18.2 Å². The molecule has 1 aromatic rings. The molecule has 0 saturated heterocycles. The first-order valence-electron chi connectivity index (χ1n) is 6.03. The summed E-state index contributed by atoms with van der Waals surface area (Å²) in [5.41, 5.74) is 0. The second-order valence-electron chi connectivity index (χ2n) is 4.08. The van der Waals surface area contributed by atoms with Crippen molar-refractivity contribution in [3.8, 4) is 0 Å². The van der Waals surface area contributed by atoms with Crippen molar-refractivity contribution in [2.45, 2.75) is 23.8 Å². The maximum Gasteiger partial charge on any atom is 0.191 e. The number of nitrogens with zero attached hydrogens (tertiary/aromatic N) is 1. The fourth-order valence-corrected chi connectivity index (χ4v) is 2.26. The molecule has 2 N–H and O–H groups in total. The van der Waals surface area contributed by atoms with E-state index in [4.69, 9.17) is 0 Å². The molecule has 0 bridgehead atoms. The topological polar surface area (TPSA) is 36.4 Å². The number of thioether (sulfide) groups is 1. The molecule has 4 heteroatoms. The Labute approximate surface area is 107 Å². The molecule has 92 valence electrons. The van der Waals surface area contributed by atoms with E-state index in [0.717, 1.165) is 18.3 Å². The zero-order valence-corrected chi connectivity index (χ0v) is 11.0. The van der Waals surface area contributed by atoms with Crippen LogP contribution in [0.2, 0.25) is 0 Å². The Kier molecular flexibility index (Phi) is 4.74. The van der Waals surface area contributed by atoms with Gasteiger partial charge in [0.05, 0.1) is 0 Å². The summed E-state index contributed by atoms with van der Waals surface area (Å²) in [6.45, 7) is 0.936. The maximum absolute atomic E-state index is 4.20. The van der Waals surface area contributed by atoms with E-state index in [9.17, 15) is 0 Å². The van der Waals surface area contributed by atoms with Gasteiger partial charge in [-0.3, -0.25) is 4.99 Å². The summed E-state index contributed by atoms with van der Waals surface area (Å²) in [6, 6.07) is 11.1. The van der Waals surface area contributed by atoms with Crippen molar-refractivity contribution in [3.05, 3.63) is 30.3 Å². The molecular weight excluding hydrogens is 230 g/mol. The number of aliphatic imine (C=N–C) groups is 1. The van der Waals surface area contributed by atoms with E-state index < -0.39 is 0 Å². The average molecular weight is 249 g/mol. The molecule has 0 heterocycles. The van der Waals surface area contributed by atoms with Crippen molar-refractivity contribution >= 4 is 17.7 Å². The van der Waals surface area contributed by atoms with Crippen LogP contribution in [0.1, 0.15) is 12.8 Å². The summed E-state index contributed by atoms with van der Waals surface area (Å²) >= 11 is 1.86. The van der Waals surface area contributed by atoms with Gasteiger partial charge in [-0.05, 0) is 25.0 Å². The number of hydrogen-bond donors (Lipinski definition) is 2. The van der Waals surface area contributed by atoms with Gasteiger partial charge in [0, 0.05) is 30.3 Å². The van der Waals surface area contributed by atoms with Crippen LogP contribution in [-0.4, -0.2) is 31.3 Å². The monoisotopic (exact) mass is 249 g/mol. The van der Waals surface area contributed by atoms with Gasteiger partial charge >= 0.3 is 0 Å². The van der Waals surface area contributed by atoms with Gasteiger partial charge in [0.2, 0.25) is 0 Å². The number of rotatable bonds is 5. The van der Waals surface area contributed by atoms with Crippen molar-refractivity contribution in [2.24, 2.45) is 4.99 Å². The van der Waals surface area contributed by atoms with Crippen LogP contribution in [0.5, 0.6) is 0 Å². The van der Waals surface area contributed by atoms with Crippen molar-refractivity contribution in [1.82, 2.24) is 10.6 Å². The first-order chi connectivity index (χ1) is 8.38. The Hall–Kier alpha value is -1.16. The lowest BCUT2D eigenvalue weighted by atomic mass is 10.4. The highest BCUT2D eigenvalue weighted by Gasteiger charge is 2.21. The summed E-state index contributed by atoms with van der Waals surface area (Å²) in [4.78, 5) is 5.52. The molecule has 1 fully saturated rings. The SMILES string of the molecule is CN=C(NCCSc1ccccc1)NC1CC1. The number of hydrogen-bond acceptors (Lipinski definition) is 2. The lowest BCUT2D eigenvalue weighted by Gasteiger charge is -2.10. The minimum atomic E-state index is 0.656. The molecule has 1 aromatic carbocycles. The summed E-state index contributed by atoms with van der Waals surface area (Å²) in [6.07, 6.45) is 2.55. The van der Waals surface area contributed by atoms with Crippen LogP contribution in [0.15, 0.2) is 40.2 Å². The number of nitrogens with one attached hydrogen (secondary N) is 2. The van der Waals surface area contributed by atoms with Crippen LogP contribution in [-0.2, 0) is 0 Å². The average Bonchev–Trinajstić information content (AvgIpc) is 3.18. The quantitative estimate of drug-likeness (QED) is 0.363. The summed E-state index contributed by atoms with van der Waals surface area (Å²) in [5, 5.41) is 6.70. The molecule has 0 spiro atoms. The Morgan fingerprint density at radius 2 is 2.12 bits per heavy atom. The van der Waals surface area contributed by atoms with Crippen LogP contribution >= 0.6 is 11.8 Å². The standard InChI is InChI=1S/C13H19N3S/c1-14-13(16-11-7-8-11)15-9-10-17-12-5-3-2-4-6-12/h2-6,11H,7-10H2,1H3,(H2,14,15,16). The van der Waals surface area contributed by atoms with Gasteiger partial charge in [-0.15, -0.1) is 11.8 Å². The van der Waals surface area contributed by atoms with Gasteiger partial charge in [0.1, 0.15) is 0 Å². The van der Waals surface area contributed by atoms with Gasteiger partial charge in [-0.2, -0.15) is 0 Å². The van der Waals surface area contributed by atoms with Crippen LogP contribution in [0, 0.1) is 0 Å². The maximum atomic E-state index is 4.20. The van der Waals surface area contributed by atoms with Gasteiger partial charge in [0.15, 0.2) is 5.96 Å². The Morgan fingerprint density at radius 1 is 1.35 bits per heavy atom. The Balaban J connectivity index is 1.61. The fraction of sp³-hybridized carbons (Fsp3) is 0.462. The van der Waals surface area contributed by atoms with Crippen LogP contribution in [0.4, 0.5) is 0 Å². The van der Waals surface area contributed by atoms with Gasteiger partial charge in [0.25, 0.3) is 0 Å². The molecular formula is C13H19N3S. The van der Waals surface area contributed by atoms with Gasteiger partial charge < -0.3 is 10.6 Å². The van der Waals surface area contributed by atoms with E-state index in [-0.39, 0.29) is 0 Å². The zero-order chi connectivity index (χ0) is 11.9. The minimum absolute atomic E-state index is 0.656. The molecule has 0 radical (unpaired) electrons. The third-order valence-corrected chi connectivity index (χ3v) is 3.56. The lowest BCUT2D eigenvalue weighted by Crippen LogP contribution is -2.39. The molecule has 2 rings (SSSR count). The largest absolute Gasteiger partial charge is 0.356 e. The Bertz CT molecular complexity index is 360. The molecule has 0 amide bonds. The first-order valence-corrected chi connectivity index (χ1v) is 7.02. The highest BCUT2D eigenvalue weighted by Crippen LogP contribution is 2.18. The minimum Gasteiger partial charge on any atom is -0.356 e. The summed E-state index contributed by atoms with van der Waals surface area (Å²) < 4.78 is 0. The van der Waals surface area contributed by atoms with Crippen molar-refractivity contribution in [1.29, 1.82) is 0 Å². The molecule has 0 atom stereocenters. The molecule has 0 unspecified atom stereocenters. The lowest BCUT2D eigenvalue weighted by molar-refractivity contribution is 0.828. The molecule has 0 aromatic heterocycles. The van der Waals surface area contributed by atoms with E-state index in [0.29, 0.717) is 6.04 Å². The van der Waals surface area contributed by atoms with E-state index in [1.807, 2.05) is 24.9 Å². The highest BCUT2D eigenvalue weighted by atomic mass is 32.2. The van der Waals surface area contributed by atoms with Crippen LogP contribution in [0.3, 0.4) is 0 Å². The molecule has 17 heavy (non-hydrogen) atoms. The smallest absolute Gasteiger partial charge is 0.191 e. The van der Waals surface area contributed by atoms with E-state index in [1.54, 1.807) is 0 Å². The fourth-order valence-electron chi connectivity index (χ4n) is 1.47. The summed E-state index contributed by atoms with van der Waals surface area (Å²) in [7, 11) is 1.82. The normalized spacial score (nSPS) is 15.7. The second-order valence-corrected chi connectivity index (χ2v) is 5.25. The van der Waals surface area contributed by atoms with Crippen LogP contribution in [0.25, 0.3) is 0 Å². The molecule has 1 saturated carbocycles. The molecule has 3 nitrogen and oxygen atoms in total. The Morgan fingerprint density at radius 3 is 2.76 bits per heavy atom. The predicted molar refractivity (Wildman–Crippen MR) is 74.7 cm³/mol. The third-order valence-electron chi connectivity index (χ3n) is 2.55. The van der Waals surface area contributed by atoms with Crippen molar-refractivity contribution < 1.29 is 0 Å². The van der Waals surface area contributed by atoms with E-state index in [2.05, 4.69) is 39.9 Å². The van der Waals surface area contributed by atoms with E-state index in [1.165, 1.54) is 17.7 Å². The predicted octanol–water partition coefficient (Wildman–Crippen LogP) is 2.11. The van der Waals surface area contributed by atoms with Crippen molar-refractivity contribution in [2.75, 3.05) is 19.3 Å². The molecule has 0 aliphatic heterocycles. The van der Waals surface area contributed by atoms with Crippen LogP contribution < -0.4 is 10.6 Å².